The molecule has 2 nitrogen and oxygen atoms in total. The maximum Gasteiger partial charge on any atom is 0.130 e. The van der Waals surface area contributed by atoms with Crippen LogP contribution < -0.4 is 10.1 Å². The quantitative estimate of drug-likeness (QED) is 0.832. The van der Waals surface area contributed by atoms with E-state index in [9.17, 15) is 4.39 Å². The lowest BCUT2D eigenvalue weighted by Crippen LogP contribution is -2.34. The van der Waals surface area contributed by atoms with Crippen molar-refractivity contribution in [1.29, 1.82) is 0 Å². The normalized spacial score (nSPS) is 25.4. The van der Waals surface area contributed by atoms with Gasteiger partial charge in [0, 0.05) is 18.5 Å². The second-order valence-corrected chi connectivity index (χ2v) is 4.46. The molecule has 0 radical (unpaired) electrons. The second-order valence-electron chi connectivity index (χ2n) is 4.46. The maximum atomic E-state index is 13.9. The number of ether oxygens (including phenoxy) is 1. The fraction of sp³-hybridized carbons (Fsp3) is 0.538. The Morgan fingerprint density at radius 3 is 2.88 bits per heavy atom. The van der Waals surface area contributed by atoms with Crippen molar-refractivity contribution in [2.45, 2.75) is 19.3 Å². The summed E-state index contributed by atoms with van der Waals surface area (Å²) in [4.78, 5) is 0. The highest BCUT2D eigenvalue weighted by atomic mass is 19.1. The minimum atomic E-state index is -0.153. The summed E-state index contributed by atoms with van der Waals surface area (Å²) in [5.74, 6) is 1.24. The van der Waals surface area contributed by atoms with Crippen LogP contribution in [0, 0.1) is 11.7 Å². The smallest absolute Gasteiger partial charge is 0.130 e. The molecule has 1 heterocycles. The molecule has 1 N–H and O–H groups in total. The fourth-order valence-electron chi connectivity index (χ4n) is 2.34. The summed E-state index contributed by atoms with van der Waals surface area (Å²) in [5.41, 5.74) is 0.806. The first-order valence-corrected chi connectivity index (χ1v) is 5.76. The van der Waals surface area contributed by atoms with Crippen LogP contribution in [-0.4, -0.2) is 20.2 Å². The molecule has 1 fully saturated rings. The summed E-state index contributed by atoms with van der Waals surface area (Å²) in [7, 11) is 1.55. The van der Waals surface area contributed by atoms with E-state index in [-0.39, 0.29) is 11.7 Å². The highest BCUT2D eigenvalue weighted by Gasteiger charge is 2.25. The Morgan fingerprint density at radius 2 is 2.25 bits per heavy atom. The first-order chi connectivity index (χ1) is 7.72. The first kappa shape index (κ1) is 11.4. The van der Waals surface area contributed by atoms with Gasteiger partial charge in [-0.25, -0.2) is 4.39 Å². The van der Waals surface area contributed by atoms with Crippen LogP contribution in [-0.2, 0) is 0 Å². The number of rotatable bonds is 2. The van der Waals surface area contributed by atoms with E-state index in [1.807, 2.05) is 12.1 Å². The Hall–Kier alpha value is -1.09. The van der Waals surface area contributed by atoms with Gasteiger partial charge in [-0.15, -0.1) is 0 Å². The van der Waals surface area contributed by atoms with Crippen molar-refractivity contribution in [2.24, 2.45) is 5.92 Å². The average molecular weight is 223 g/mol. The maximum absolute atomic E-state index is 13.9. The molecule has 1 aromatic rings. The summed E-state index contributed by atoms with van der Waals surface area (Å²) >= 11 is 0. The zero-order valence-electron chi connectivity index (χ0n) is 9.79. The third kappa shape index (κ3) is 2.19. The van der Waals surface area contributed by atoms with Gasteiger partial charge in [0.05, 0.1) is 7.11 Å². The standard InChI is InChI=1S/C13H18FNO/c1-9-5-6-15-8-12(9)11-4-3-10(16-2)7-13(11)14/h3-4,7,9,12,15H,5-6,8H2,1-2H3. The number of benzene rings is 1. The highest BCUT2D eigenvalue weighted by molar-refractivity contribution is 5.31. The molecule has 1 aliphatic rings. The van der Waals surface area contributed by atoms with Gasteiger partial charge in [0.15, 0.2) is 0 Å². The molecule has 0 saturated carbocycles. The number of hydrogen-bond acceptors (Lipinski definition) is 2. The summed E-state index contributed by atoms with van der Waals surface area (Å²) in [6.45, 7) is 4.09. The molecule has 0 aromatic heterocycles. The van der Waals surface area contributed by atoms with Crippen LogP contribution in [0.4, 0.5) is 4.39 Å². The summed E-state index contributed by atoms with van der Waals surface area (Å²) in [5, 5.41) is 3.32. The van der Waals surface area contributed by atoms with Crippen LogP contribution in [0.5, 0.6) is 5.75 Å². The molecule has 3 heteroatoms. The predicted molar refractivity (Wildman–Crippen MR) is 62.3 cm³/mol. The molecule has 88 valence electrons. The van der Waals surface area contributed by atoms with Crippen molar-refractivity contribution in [3.63, 3.8) is 0 Å². The van der Waals surface area contributed by atoms with Gasteiger partial charge in [0.25, 0.3) is 0 Å². The number of methoxy groups -OCH3 is 1. The number of nitrogens with one attached hydrogen (secondary N) is 1. The predicted octanol–water partition coefficient (Wildman–Crippen LogP) is 2.55. The van der Waals surface area contributed by atoms with Crippen molar-refractivity contribution in [2.75, 3.05) is 20.2 Å². The third-order valence-corrected chi connectivity index (χ3v) is 3.43. The summed E-state index contributed by atoms with van der Waals surface area (Å²) in [6, 6.07) is 5.15. The minimum Gasteiger partial charge on any atom is -0.497 e. The number of halogens is 1. The van der Waals surface area contributed by atoms with E-state index in [1.54, 1.807) is 7.11 Å². The van der Waals surface area contributed by atoms with E-state index in [4.69, 9.17) is 4.74 Å². The average Bonchev–Trinajstić information content (AvgIpc) is 2.30. The lowest BCUT2D eigenvalue weighted by atomic mass is 9.82. The topological polar surface area (TPSA) is 21.3 Å². The van der Waals surface area contributed by atoms with Crippen molar-refractivity contribution < 1.29 is 9.13 Å². The molecule has 0 bridgehead atoms. The van der Waals surface area contributed by atoms with Crippen molar-refractivity contribution >= 4 is 0 Å². The SMILES string of the molecule is COc1ccc(C2CNCCC2C)c(F)c1. The Labute approximate surface area is 95.8 Å². The lowest BCUT2D eigenvalue weighted by molar-refractivity contribution is 0.339. The molecule has 16 heavy (non-hydrogen) atoms. The zero-order chi connectivity index (χ0) is 11.5. The fourth-order valence-corrected chi connectivity index (χ4v) is 2.34. The van der Waals surface area contributed by atoms with E-state index in [2.05, 4.69) is 12.2 Å². The van der Waals surface area contributed by atoms with Crippen molar-refractivity contribution in [3.05, 3.63) is 29.6 Å². The van der Waals surface area contributed by atoms with Gasteiger partial charge in [-0.3, -0.25) is 0 Å². The lowest BCUT2D eigenvalue weighted by Gasteiger charge is -2.30. The number of hydrogen-bond donors (Lipinski definition) is 1. The Morgan fingerprint density at radius 1 is 1.44 bits per heavy atom. The van der Waals surface area contributed by atoms with Crippen LogP contribution in [0.15, 0.2) is 18.2 Å². The molecule has 2 rings (SSSR count). The third-order valence-electron chi connectivity index (χ3n) is 3.43. The van der Waals surface area contributed by atoms with Crippen LogP contribution in [0.1, 0.15) is 24.8 Å². The molecule has 1 saturated heterocycles. The van der Waals surface area contributed by atoms with Gasteiger partial charge in [0.1, 0.15) is 11.6 Å². The van der Waals surface area contributed by atoms with Gasteiger partial charge in [0.2, 0.25) is 0 Å². The Balaban J connectivity index is 2.25. The first-order valence-electron chi connectivity index (χ1n) is 5.76. The highest BCUT2D eigenvalue weighted by Crippen LogP contribution is 2.31. The van der Waals surface area contributed by atoms with Gasteiger partial charge < -0.3 is 10.1 Å². The van der Waals surface area contributed by atoms with Crippen LogP contribution in [0.3, 0.4) is 0 Å². The molecule has 0 aliphatic carbocycles. The van der Waals surface area contributed by atoms with E-state index in [0.717, 1.165) is 25.1 Å². The molecule has 0 amide bonds. The minimum absolute atomic E-state index is 0.153. The molecule has 1 aromatic carbocycles. The van der Waals surface area contributed by atoms with E-state index in [1.165, 1.54) is 6.07 Å². The molecular weight excluding hydrogens is 205 g/mol. The summed E-state index contributed by atoms with van der Waals surface area (Å²) < 4.78 is 18.9. The largest absolute Gasteiger partial charge is 0.497 e. The van der Waals surface area contributed by atoms with Gasteiger partial charge in [-0.05, 0) is 30.5 Å². The van der Waals surface area contributed by atoms with Crippen LogP contribution in [0.2, 0.25) is 0 Å². The van der Waals surface area contributed by atoms with Crippen LogP contribution >= 0.6 is 0 Å². The van der Waals surface area contributed by atoms with E-state index < -0.39 is 0 Å². The molecule has 2 atom stereocenters. The summed E-state index contributed by atoms with van der Waals surface area (Å²) in [6.07, 6.45) is 1.11. The second kappa shape index (κ2) is 4.83. The van der Waals surface area contributed by atoms with Gasteiger partial charge in [-0.2, -0.15) is 0 Å². The zero-order valence-corrected chi connectivity index (χ0v) is 9.79. The monoisotopic (exact) mass is 223 g/mol. The van der Waals surface area contributed by atoms with Gasteiger partial charge in [-0.1, -0.05) is 13.0 Å². The molecular formula is C13H18FNO. The molecule has 1 aliphatic heterocycles. The van der Waals surface area contributed by atoms with Crippen molar-refractivity contribution in [1.82, 2.24) is 5.32 Å². The number of piperidine rings is 1. The van der Waals surface area contributed by atoms with Crippen LogP contribution in [0.25, 0.3) is 0 Å². The molecule has 0 spiro atoms. The van der Waals surface area contributed by atoms with E-state index in [0.29, 0.717) is 11.7 Å². The Kier molecular flexibility index (Phi) is 3.44. The molecule has 2 unspecified atom stereocenters. The van der Waals surface area contributed by atoms with Gasteiger partial charge >= 0.3 is 0 Å². The Bertz CT molecular complexity index is 367. The van der Waals surface area contributed by atoms with E-state index >= 15 is 0 Å². The van der Waals surface area contributed by atoms with Crippen molar-refractivity contribution in [3.8, 4) is 5.75 Å².